The molecule has 0 atom stereocenters. The number of aromatic nitrogens is 7. The van der Waals surface area contributed by atoms with Gasteiger partial charge < -0.3 is 5.11 Å². The predicted octanol–water partition coefficient (Wildman–Crippen LogP) is 3.44. The van der Waals surface area contributed by atoms with E-state index in [1.807, 2.05) is 35.0 Å². The lowest BCUT2D eigenvalue weighted by Crippen LogP contribution is -2.09. The van der Waals surface area contributed by atoms with Crippen molar-refractivity contribution in [3.05, 3.63) is 65.7 Å². The summed E-state index contributed by atoms with van der Waals surface area (Å²) < 4.78 is 1.98. The zero-order valence-electron chi connectivity index (χ0n) is 17.7. The van der Waals surface area contributed by atoms with Crippen LogP contribution in [0.4, 0.5) is 0 Å². The molecule has 0 aliphatic carbocycles. The quantitative estimate of drug-likeness (QED) is 0.409. The van der Waals surface area contributed by atoms with Gasteiger partial charge in [0.1, 0.15) is 5.82 Å². The average Bonchev–Trinajstić information content (AvgIpc) is 3.47. The highest BCUT2D eigenvalue weighted by atomic mass is 16.2. The third-order valence-electron chi connectivity index (χ3n) is 5.25. The molecule has 4 aromatic rings. The standard InChI is InChI=1S/C23H27N7O/c1-2-3-13-21-24-22(14-8-15-31)30(27-21)16-17-9-4-5-10-18(17)19-11-6-7-12-20(19)23-25-28-29-26-23/h4-7,9-12,31H,2-3,8,13-16H2,1H3,(H,25,26,28,29). The maximum atomic E-state index is 9.29. The van der Waals surface area contributed by atoms with Gasteiger partial charge in [0.2, 0.25) is 5.82 Å². The summed E-state index contributed by atoms with van der Waals surface area (Å²) in [6.07, 6.45) is 4.43. The second kappa shape index (κ2) is 10.1. The van der Waals surface area contributed by atoms with Gasteiger partial charge in [-0.25, -0.2) is 9.67 Å². The molecule has 8 heteroatoms. The second-order valence-corrected chi connectivity index (χ2v) is 7.47. The molecule has 0 aliphatic rings. The van der Waals surface area contributed by atoms with Crippen molar-refractivity contribution in [3.63, 3.8) is 0 Å². The molecule has 0 bridgehead atoms. The van der Waals surface area contributed by atoms with E-state index in [9.17, 15) is 5.11 Å². The monoisotopic (exact) mass is 417 g/mol. The van der Waals surface area contributed by atoms with E-state index in [4.69, 9.17) is 10.1 Å². The molecule has 4 rings (SSSR count). The summed E-state index contributed by atoms with van der Waals surface area (Å²) in [6.45, 7) is 2.92. The SMILES string of the molecule is CCCCc1nc(CCCO)n(Cc2ccccc2-c2ccccc2-c2nn[nH]n2)n1. The van der Waals surface area contributed by atoms with E-state index < -0.39 is 0 Å². The molecule has 0 saturated carbocycles. The van der Waals surface area contributed by atoms with Crippen molar-refractivity contribution in [2.75, 3.05) is 6.61 Å². The van der Waals surface area contributed by atoms with Crippen LogP contribution in [-0.4, -0.2) is 47.1 Å². The van der Waals surface area contributed by atoms with Gasteiger partial charge in [0.15, 0.2) is 5.82 Å². The lowest BCUT2D eigenvalue weighted by atomic mass is 9.95. The number of aromatic amines is 1. The van der Waals surface area contributed by atoms with Gasteiger partial charge in [0.05, 0.1) is 6.54 Å². The first-order valence-corrected chi connectivity index (χ1v) is 10.7. The Hall–Kier alpha value is -3.39. The summed E-state index contributed by atoms with van der Waals surface area (Å²) in [5, 5.41) is 28.7. The van der Waals surface area contributed by atoms with Crippen LogP contribution in [0, 0.1) is 0 Å². The van der Waals surface area contributed by atoms with Crippen LogP contribution >= 0.6 is 0 Å². The van der Waals surface area contributed by atoms with Crippen LogP contribution in [-0.2, 0) is 19.4 Å². The summed E-state index contributed by atoms with van der Waals surface area (Å²) in [5.41, 5.74) is 4.20. The van der Waals surface area contributed by atoms with E-state index in [1.165, 1.54) is 0 Å². The fraction of sp³-hybridized carbons (Fsp3) is 0.348. The lowest BCUT2D eigenvalue weighted by molar-refractivity contribution is 0.286. The number of nitrogens with one attached hydrogen (secondary N) is 1. The average molecular weight is 418 g/mol. The topological polar surface area (TPSA) is 105 Å². The van der Waals surface area contributed by atoms with Gasteiger partial charge in [-0.2, -0.15) is 10.3 Å². The van der Waals surface area contributed by atoms with Crippen LogP contribution < -0.4 is 0 Å². The van der Waals surface area contributed by atoms with E-state index in [0.717, 1.165) is 53.2 Å². The van der Waals surface area contributed by atoms with E-state index in [0.29, 0.717) is 25.2 Å². The largest absolute Gasteiger partial charge is 0.396 e. The van der Waals surface area contributed by atoms with Gasteiger partial charge >= 0.3 is 0 Å². The van der Waals surface area contributed by atoms with Crippen LogP contribution in [0.15, 0.2) is 48.5 Å². The Morgan fingerprint density at radius 3 is 2.45 bits per heavy atom. The molecule has 160 valence electrons. The molecule has 0 radical (unpaired) electrons. The number of aliphatic hydroxyl groups excluding tert-OH is 1. The molecule has 2 heterocycles. The number of nitrogens with zero attached hydrogens (tertiary/aromatic N) is 6. The zero-order chi connectivity index (χ0) is 21.5. The molecule has 0 fully saturated rings. The van der Waals surface area contributed by atoms with Gasteiger partial charge in [-0.15, -0.1) is 10.2 Å². The number of unbranched alkanes of at least 4 members (excludes halogenated alkanes) is 1. The minimum absolute atomic E-state index is 0.145. The summed E-state index contributed by atoms with van der Waals surface area (Å²) in [6, 6.07) is 16.4. The molecule has 0 unspecified atom stereocenters. The van der Waals surface area contributed by atoms with E-state index in [2.05, 4.69) is 45.7 Å². The molecule has 0 saturated heterocycles. The molecule has 2 aromatic heterocycles. The third kappa shape index (κ3) is 4.86. The number of aryl methyl sites for hydroxylation is 2. The number of aliphatic hydroxyl groups is 1. The van der Waals surface area contributed by atoms with E-state index in [1.54, 1.807) is 0 Å². The maximum Gasteiger partial charge on any atom is 0.205 e. The van der Waals surface area contributed by atoms with Crippen LogP contribution in [0.25, 0.3) is 22.5 Å². The Bertz CT molecular complexity index is 1100. The molecular weight excluding hydrogens is 390 g/mol. The molecule has 0 amide bonds. The Morgan fingerprint density at radius 1 is 0.935 bits per heavy atom. The fourth-order valence-corrected chi connectivity index (χ4v) is 3.69. The number of benzene rings is 2. The number of hydrogen-bond donors (Lipinski definition) is 2. The number of rotatable bonds is 10. The van der Waals surface area contributed by atoms with Gasteiger partial charge in [-0.05, 0) is 34.7 Å². The highest BCUT2D eigenvalue weighted by molar-refractivity contribution is 5.82. The van der Waals surface area contributed by atoms with Crippen LogP contribution in [0.2, 0.25) is 0 Å². The van der Waals surface area contributed by atoms with Crippen molar-refractivity contribution >= 4 is 0 Å². The molecule has 0 spiro atoms. The van der Waals surface area contributed by atoms with Crippen molar-refractivity contribution in [1.29, 1.82) is 0 Å². The van der Waals surface area contributed by atoms with Gasteiger partial charge in [-0.3, -0.25) is 0 Å². The summed E-state index contributed by atoms with van der Waals surface area (Å²) in [5.74, 6) is 2.36. The van der Waals surface area contributed by atoms with Crippen molar-refractivity contribution < 1.29 is 5.11 Å². The van der Waals surface area contributed by atoms with Crippen molar-refractivity contribution in [2.24, 2.45) is 0 Å². The van der Waals surface area contributed by atoms with Crippen LogP contribution in [0.1, 0.15) is 43.4 Å². The van der Waals surface area contributed by atoms with Crippen LogP contribution in [0.5, 0.6) is 0 Å². The predicted molar refractivity (Wildman–Crippen MR) is 118 cm³/mol. The van der Waals surface area contributed by atoms with Crippen molar-refractivity contribution in [3.8, 4) is 22.5 Å². The minimum atomic E-state index is 0.145. The van der Waals surface area contributed by atoms with Gasteiger partial charge in [0.25, 0.3) is 0 Å². The highest BCUT2D eigenvalue weighted by Gasteiger charge is 2.16. The smallest absolute Gasteiger partial charge is 0.205 e. The first-order chi connectivity index (χ1) is 15.3. The Labute approximate surface area is 181 Å². The van der Waals surface area contributed by atoms with Gasteiger partial charge in [0, 0.05) is 25.0 Å². The zero-order valence-corrected chi connectivity index (χ0v) is 17.7. The molecule has 2 aromatic carbocycles. The Balaban J connectivity index is 1.70. The van der Waals surface area contributed by atoms with Crippen LogP contribution in [0.3, 0.4) is 0 Å². The molecule has 0 aliphatic heterocycles. The minimum Gasteiger partial charge on any atom is -0.396 e. The lowest BCUT2D eigenvalue weighted by Gasteiger charge is -2.13. The summed E-state index contributed by atoms with van der Waals surface area (Å²) >= 11 is 0. The molecule has 8 nitrogen and oxygen atoms in total. The van der Waals surface area contributed by atoms with Gasteiger partial charge in [-0.1, -0.05) is 61.9 Å². The second-order valence-electron chi connectivity index (χ2n) is 7.47. The first kappa shape index (κ1) is 20.9. The Kier molecular flexibility index (Phi) is 6.78. The van der Waals surface area contributed by atoms with Crippen molar-refractivity contribution in [1.82, 2.24) is 35.4 Å². The normalized spacial score (nSPS) is 11.2. The first-order valence-electron chi connectivity index (χ1n) is 10.7. The molecular formula is C23H27N7O. The third-order valence-corrected chi connectivity index (χ3v) is 5.25. The van der Waals surface area contributed by atoms with E-state index in [-0.39, 0.29) is 6.61 Å². The fourth-order valence-electron chi connectivity index (χ4n) is 3.69. The molecule has 31 heavy (non-hydrogen) atoms. The number of tetrazole rings is 1. The summed E-state index contributed by atoms with van der Waals surface area (Å²) in [7, 11) is 0. The maximum absolute atomic E-state index is 9.29. The summed E-state index contributed by atoms with van der Waals surface area (Å²) in [4.78, 5) is 4.75. The highest BCUT2D eigenvalue weighted by Crippen LogP contribution is 2.32. The van der Waals surface area contributed by atoms with Crippen molar-refractivity contribution in [2.45, 2.75) is 45.6 Å². The molecule has 2 N–H and O–H groups in total. The Morgan fingerprint density at radius 2 is 1.71 bits per heavy atom. The number of hydrogen-bond acceptors (Lipinski definition) is 6. The number of H-pyrrole nitrogens is 1. The van der Waals surface area contributed by atoms with E-state index >= 15 is 0 Å².